The van der Waals surface area contributed by atoms with Gasteiger partial charge in [-0.05, 0) is 43.9 Å². The number of anilines is 2. The van der Waals surface area contributed by atoms with Crippen molar-refractivity contribution < 1.29 is 14.4 Å². The van der Waals surface area contributed by atoms with Crippen LogP contribution in [0.2, 0.25) is 0 Å². The van der Waals surface area contributed by atoms with Crippen LogP contribution in [0.15, 0.2) is 18.2 Å². The first-order chi connectivity index (χ1) is 13.9. The Hall–Kier alpha value is -2.61. The number of hydrogen-bond donors (Lipinski definition) is 3. The summed E-state index contributed by atoms with van der Waals surface area (Å²) < 4.78 is 0. The Balaban J connectivity index is 1.56. The van der Waals surface area contributed by atoms with Gasteiger partial charge in [-0.15, -0.1) is 0 Å². The van der Waals surface area contributed by atoms with Crippen LogP contribution in [0, 0.1) is 5.92 Å². The van der Waals surface area contributed by atoms with E-state index in [1.165, 1.54) is 12.8 Å². The maximum atomic E-state index is 13.2. The van der Waals surface area contributed by atoms with Gasteiger partial charge in [0.2, 0.25) is 5.91 Å². The quantitative estimate of drug-likeness (QED) is 0.719. The van der Waals surface area contributed by atoms with E-state index < -0.39 is 0 Å². The van der Waals surface area contributed by atoms with Crippen molar-refractivity contribution in [1.82, 2.24) is 10.2 Å². The first kappa shape index (κ1) is 19.7. The van der Waals surface area contributed by atoms with E-state index >= 15 is 0 Å². The smallest absolute Gasteiger partial charge is 0.324 e. The number of amides is 4. The third kappa shape index (κ3) is 4.37. The highest BCUT2D eigenvalue weighted by Crippen LogP contribution is 2.34. The van der Waals surface area contributed by atoms with Gasteiger partial charge in [-0.2, -0.15) is 0 Å². The van der Waals surface area contributed by atoms with Gasteiger partial charge in [0.1, 0.15) is 0 Å². The summed E-state index contributed by atoms with van der Waals surface area (Å²) in [5, 5.41) is 5.80. The van der Waals surface area contributed by atoms with E-state index in [0.717, 1.165) is 18.8 Å². The predicted octanol–water partition coefficient (Wildman–Crippen LogP) is 1.91. The average molecular weight is 399 g/mol. The van der Waals surface area contributed by atoms with Crippen molar-refractivity contribution in [2.24, 2.45) is 11.7 Å². The zero-order valence-corrected chi connectivity index (χ0v) is 16.8. The molecule has 1 aromatic carbocycles. The van der Waals surface area contributed by atoms with Crippen molar-refractivity contribution in [1.29, 1.82) is 0 Å². The molecule has 3 aliphatic rings. The zero-order chi connectivity index (χ0) is 20.5. The Kier molecular flexibility index (Phi) is 5.45. The molecule has 1 aliphatic carbocycles. The molecule has 1 aromatic rings. The maximum Gasteiger partial charge on any atom is 0.324 e. The van der Waals surface area contributed by atoms with E-state index in [9.17, 15) is 14.4 Å². The second kappa shape index (κ2) is 8.02. The molecule has 8 nitrogen and oxygen atoms in total. The van der Waals surface area contributed by atoms with Gasteiger partial charge in [0.15, 0.2) is 0 Å². The molecule has 0 aromatic heterocycles. The Bertz CT molecular complexity index is 823. The second-order valence-electron chi connectivity index (χ2n) is 8.47. The Morgan fingerprint density at radius 2 is 2.07 bits per heavy atom. The minimum atomic E-state index is -0.293. The van der Waals surface area contributed by atoms with Crippen molar-refractivity contribution in [3.05, 3.63) is 23.8 Å². The van der Waals surface area contributed by atoms with Crippen molar-refractivity contribution in [2.45, 2.75) is 51.1 Å². The monoisotopic (exact) mass is 399 g/mol. The lowest BCUT2D eigenvalue weighted by molar-refractivity contribution is -0.116. The van der Waals surface area contributed by atoms with Crippen LogP contribution in [0.5, 0.6) is 0 Å². The molecule has 4 N–H and O–H groups in total. The third-order valence-electron chi connectivity index (χ3n) is 5.95. The molecular weight excluding hydrogens is 370 g/mol. The molecule has 4 amide bonds. The number of likely N-dealkylation sites (tertiary alicyclic amines) is 1. The van der Waals surface area contributed by atoms with Gasteiger partial charge in [-0.25, -0.2) is 4.79 Å². The first-order valence-corrected chi connectivity index (χ1v) is 10.5. The summed E-state index contributed by atoms with van der Waals surface area (Å²) in [6, 6.07) is 4.67. The van der Waals surface area contributed by atoms with Gasteiger partial charge >= 0.3 is 6.03 Å². The fourth-order valence-corrected chi connectivity index (χ4v) is 4.09. The lowest BCUT2D eigenvalue weighted by Crippen LogP contribution is -2.47. The highest BCUT2D eigenvalue weighted by molar-refractivity contribution is 6.06. The number of carbonyl (C=O) groups excluding carboxylic acids is 3. The Morgan fingerprint density at radius 3 is 2.76 bits per heavy atom. The molecule has 2 fully saturated rings. The largest absolute Gasteiger partial charge is 0.352 e. The highest BCUT2D eigenvalue weighted by atomic mass is 16.2. The van der Waals surface area contributed by atoms with Gasteiger partial charge < -0.3 is 21.3 Å². The molecule has 156 valence electrons. The van der Waals surface area contributed by atoms with Crippen LogP contribution in [-0.4, -0.2) is 54.5 Å². The Labute approximate surface area is 170 Å². The Morgan fingerprint density at radius 1 is 1.28 bits per heavy atom. The van der Waals surface area contributed by atoms with Gasteiger partial charge in [-0.1, -0.05) is 12.8 Å². The molecule has 4 rings (SSSR count). The molecule has 0 bridgehead atoms. The van der Waals surface area contributed by atoms with Gasteiger partial charge in [0.25, 0.3) is 5.91 Å². The number of nitrogens with zero attached hydrogens (tertiary/aromatic N) is 2. The summed E-state index contributed by atoms with van der Waals surface area (Å²) in [6.07, 6.45) is 4.49. The number of nitrogens with two attached hydrogens (primary N) is 1. The van der Waals surface area contributed by atoms with Crippen molar-refractivity contribution in [3.8, 4) is 0 Å². The van der Waals surface area contributed by atoms with Crippen LogP contribution in [0.1, 0.15) is 49.4 Å². The molecule has 0 spiro atoms. The number of benzene rings is 1. The van der Waals surface area contributed by atoms with Gasteiger partial charge in [0, 0.05) is 43.7 Å². The SMILES string of the molecule is C[C@H]1CC(=O)Nc2cc(C(=O)NCCC3CC3)ccc2N1C(=O)N1CC[C@@H](N)C1. The van der Waals surface area contributed by atoms with Crippen molar-refractivity contribution >= 4 is 29.2 Å². The molecule has 2 heterocycles. The summed E-state index contributed by atoms with van der Waals surface area (Å²) in [6.45, 7) is 3.65. The lowest BCUT2D eigenvalue weighted by atomic mass is 10.1. The third-order valence-corrected chi connectivity index (χ3v) is 5.95. The van der Waals surface area contributed by atoms with Crippen LogP contribution >= 0.6 is 0 Å². The molecule has 8 heteroatoms. The van der Waals surface area contributed by atoms with Crippen molar-refractivity contribution in [2.75, 3.05) is 29.9 Å². The summed E-state index contributed by atoms with van der Waals surface area (Å²) in [7, 11) is 0. The molecule has 29 heavy (non-hydrogen) atoms. The van der Waals surface area contributed by atoms with E-state index in [4.69, 9.17) is 5.73 Å². The molecule has 0 unspecified atom stereocenters. The molecule has 2 atom stereocenters. The molecular formula is C21H29N5O3. The van der Waals surface area contributed by atoms with Crippen LogP contribution in [-0.2, 0) is 4.79 Å². The number of carbonyl (C=O) groups is 3. The van der Waals surface area contributed by atoms with E-state index in [0.29, 0.717) is 36.6 Å². The topological polar surface area (TPSA) is 108 Å². The van der Waals surface area contributed by atoms with E-state index in [-0.39, 0.29) is 36.3 Å². The minimum Gasteiger partial charge on any atom is -0.352 e. The zero-order valence-electron chi connectivity index (χ0n) is 16.8. The van der Waals surface area contributed by atoms with Gasteiger partial charge in [-0.3, -0.25) is 14.5 Å². The lowest BCUT2D eigenvalue weighted by Gasteiger charge is -2.32. The van der Waals surface area contributed by atoms with Crippen LogP contribution in [0.25, 0.3) is 0 Å². The second-order valence-corrected chi connectivity index (χ2v) is 8.47. The van der Waals surface area contributed by atoms with Crippen molar-refractivity contribution in [3.63, 3.8) is 0 Å². The summed E-state index contributed by atoms with van der Waals surface area (Å²) in [4.78, 5) is 41.4. The van der Waals surface area contributed by atoms with E-state index in [1.807, 2.05) is 6.92 Å². The first-order valence-electron chi connectivity index (χ1n) is 10.5. The highest BCUT2D eigenvalue weighted by Gasteiger charge is 2.35. The maximum absolute atomic E-state index is 13.2. The fourth-order valence-electron chi connectivity index (χ4n) is 4.09. The van der Waals surface area contributed by atoms with E-state index in [2.05, 4.69) is 10.6 Å². The number of rotatable bonds is 4. The number of urea groups is 1. The molecule has 2 aliphatic heterocycles. The minimum absolute atomic E-state index is 0.0119. The standard InChI is InChI=1S/C21H29N5O3/c1-13-10-19(27)24-17-11-15(20(28)23-8-6-14-2-3-14)4-5-18(17)26(13)21(29)25-9-7-16(22)12-25/h4-5,11,13-14,16H,2-3,6-10,12,22H2,1H3,(H,23,28)(H,24,27)/t13-,16+/m0/s1. The van der Waals surface area contributed by atoms with Crippen LogP contribution < -0.4 is 21.3 Å². The predicted molar refractivity (Wildman–Crippen MR) is 111 cm³/mol. The van der Waals surface area contributed by atoms with Crippen LogP contribution in [0.3, 0.4) is 0 Å². The summed E-state index contributed by atoms with van der Waals surface area (Å²) in [5.74, 6) is 0.420. The molecule has 0 radical (unpaired) electrons. The van der Waals surface area contributed by atoms with Gasteiger partial charge in [0.05, 0.1) is 11.4 Å². The number of hydrogen-bond acceptors (Lipinski definition) is 4. The average Bonchev–Trinajstić information content (AvgIpc) is 3.42. The summed E-state index contributed by atoms with van der Waals surface area (Å²) >= 11 is 0. The summed E-state index contributed by atoms with van der Waals surface area (Å²) in [5.41, 5.74) is 7.55. The molecule has 1 saturated heterocycles. The molecule has 1 saturated carbocycles. The normalized spacial score (nSPS) is 24.0. The fraction of sp³-hybridized carbons (Fsp3) is 0.571. The van der Waals surface area contributed by atoms with E-state index in [1.54, 1.807) is 28.0 Å². The van der Waals surface area contributed by atoms with Crippen LogP contribution in [0.4, 0.5) is 16.2 Å². The number of fused-ring (bicyclic) bond motifs is 1. The number of nitrogens with one attached hydrogen (secondary N) is 2.